The van der Waals surface area contributed by atoms with Crippen molar-refractivity contribution >= 4 is 11.3 Å². The number of benzene rings is 2. The van der Waals surface area contributed by atoms with E-state index in [0.29, 0.717) is 11.6 Å². The number of aryl methyl sites for hydroxylation is 2. The van der Waals surface area contributed by atoms with Crippen molar-refractivity contribution in [2.45, 2.75) is 58.4 Å². The number of halogens is 1. The second-order valence-corrected chi connectivity index (χ2v) is 9.68. The van der Waals surface area contributed by atoms with Gasteiger partial charge in [-0.15, -0.1) is 0 Å². The molecule has 172 valence electrons. The lowest BCUT2D eigenvalue weighted by molar-refractivity contribution is 0.378. The molecule has 2 fully saturated rings. The minimum Gasteiger partial charge on any atom is -0.382 e. The van der Waals surface area contributed by atoms with Crippen molar-refractivity contribution in [2.24, 2.45) is 0 Å². The lowest BCUT2D eigenvalue weighted by Gasteiger charge is -2.29. The van der Waals surface area contributed by atoms with E-state index in [1.807, 2.05) is 37.3 Å². The summed E-state index contributed by atoms with van der Waals surface area (Å²) >= 11 is 0. The maximum absolute atomic E-state index is 14.9. The Balaban J connectivity index is 1.47. The molecule has 0 radical (unpaired) electrons. The van der Waals surface area contributed by atoms with Crippen LogP contribution in [0.15, 0.2) is 66.4 Å². The summed E-state index contributed by atoms with van der Waals surface area (Å²) in [5.41, 5.74) is 10.5. The number of hydrogen-bond acceptors (Lipinski definition) is 2. The Kier molecular flexibility index (Phi) is 5.24. The molecule has 6 rings (SSSR count). The number of nitrogens with zero attached hydrogens (tertiary/aromatic N) is 2. The van der Waals surface area contributed by atoms with E-state index in [9.17, 15) is 4.39 Å². The van der Waals surface area contributed by atoms with E-state index in [2.05, 4.69) is 41.0 Å². The molecule has 2 aliphatic rings. The molecule has 2 heterocycles. The van der Waals surface area contributed by atoms with E-state index in [1.165, 1.54) is 48.9 Å². The average molecular weight is 452 g/mol. The standard InChI is InChI=1S/C30H30FN3/c1-3-27-30(25-10-5-4-9-23(25)24-14-11-19(2)17-26(24)31)33-28-18-21(15-16-34(27)28)29(20-12-13-20)32-22-7-6-8-22/h4-5,9-11,14-18,22,32H,3,6-8,12-13H2,1-2H3. The summed E-state index contributed by atoms with van der Waals surface area (Å²) < 4.78 is 17.1. The molecule has 2 saturated carbocycles. The third kappa shape index (κ3) is 3.71. The van der Waals surface area contributed by atoms with Crippen LogP contribution in [0, 0.1) is 12.7 Å². The first kappa shape index (κ1) is 21.2. The summed E-state index contributed by atoms with van der Waals surface area (Å²) in [5.74, 6) is -0.195. The highest BCUT2D eigenvalue weighted by molar-refractivity contribution is 5.84. The highest BCUT2D eigenvalue weighted by atomic mass is 19.1. The van der Waals surface area contributed by atoms with Crippen molar-refractivity contribution in [3.8, 4) is 22.4 Å². The molecule has 0 saturated heterocycles. The normalized spacial score (nSPS) is 15.4. The summed E-state index contributed by atoms with van der Waals surface area (Å²) in [5, 5.41) is 3.81. The van der Waals surface area contributed by atoms with Gasteiger partial charge in [-0.1, -0.05) is 43.3 Å². The van der Waals surface area contributed by atoms with Gasteiger partial charge < -0.3 is 9.72 Å². The van der Waals surface area contributed by atoms with Gasteiger partial charge in [0, 0.05) is 34.6 Å². The van der Waals surface area contributed by atoms with Gasteiger partial charge in [-0.3, -0.25) is 0 Å². The van der Waals surface area contributed by atoms with E-state index in [4.69, 9.17) is 4.98 Å². The van der Waals surface area contributed by atoms with Crippen molar-refractivity contribution in [1.82, 2.24) is 14.7 Å². The fourth-order valence-corrected chi connectivity index (χ4v) is 5.03. The molecular weight excluding hydrogens is 421 g/mol. The smallest absolute Gasteiger partial charge is 0.138 e. The van der Waals surface area contributed by atoms with Gasteiger partial charge in [0.1, 0.15) is 11.5 Å². The third-order valence-corrected chi connectivity index (χ3v) is 7.25. The summed E-state index contributed by atoms with van der Waals surface area (Å²) in [6.45, 7) is 4.07. The summed E-state index contributed by atoms with van der Waals surface area (Å²) in [4.78, 5) is 5.11. The van der Waals surface area contributed by atoms with E-state index in [0.717, 1.165) is 40.1 Å². The quantitative estimate of drug-likeness (QED) is 0.333. The number of fused-ring (bicyclic) bond motifs is 1. The Morgan fingerprint density at radius 3 is 2.50 bits per heavy atom. The second kappa shape index (κ2) is 8.43. The molecule has 2 aliphatic carbocycles. The average Bonchev–Trinajstić information content (AvgIpc) is 3.58. The molecule has 0 amide bonds. The Labute approximate surface area is 200 Å². The van der Waals surface area contributed by atoms with E-state index in [-0.39, 0.29) is 5.82 Å². The van der Waals surface area contributed by atoms with Gasteiger partial charge in [0.05, 0.1) is 11.4 Å². The number of nitrogens with one attached hydrogen (secondary N) is 1. The molecule has 0 atom stereocenters. The van der Waals surface area contributed by atoms with Crippen LogP contribution < -0.4 is 5.32 Å². The van der Waals surface area contributed by atoms with Gasteiger partial charge >= 0.3 is 0 Å². The van der Waals surface area contributed by atoms with Gasteiger partial charge in [-0.2, -0.15) is 0 Å². The van der Waals surface area contributed by atoms with Crippen LogP contribution in [0.25, 0.3) is 33.7 Å². The van der Waals surface area contributed by atoms with Crippen LogP contribution in [0.4, 0.5) is 4.39 Å². The Hall–Kier alpha value is -3.40. The van der Waals surface area contributed by atoms with Crippen LogP contribution >= 0.6 is 0 Å². The molecule has 4 aromatic rings. The van der Waals surface area contributed by atoms with Crippen molar-refractivity contribution in [3.05, 3.63) is 89.0 Å². The van der Waals surface area contributed by atoms with E-state index < -0.39 is 0 Å². The predicted molar refractivity (Wildman–Crippen MR) is 137 cm³/mol. The van der Waals surface area contributed by atoms with Gasteiger partial charge in [0.15, 0.2) is 0 Å². The number of imidazole rings is 1. The lowest BCUT2D eigenvalue weighted by Crippen LogP contribution is -2.33. The first-order valence-electron chi connectivity index (χ1n) is 12.5. The van der Waals surface area contributed by atoms with Crippen LogP contribution in [0.2, 0.25) is 0 Å². The monoisotopic (exact) mass is 451 g/mol. The Morgan fingerprint density at radius 1 is 1.03 bits per heavy atom. The summed E-state index contributed by atoms with van der Waals surface area (Å²) in [6.07, 6.45) is 9.22. The van der Waals surface area contributed by atoms with Crippen LogP contribution in [0.5, 0.6) is 0 Å². The highest BCUT2D eigenvalue weighted by Crippen LogP contribution is 2.38. The maximum atomic E-state index is 14.9. The zero-order chi connectivity index (χ0) is 23.2. The van der Waals surface area contributed by atoms with Crippen molar-refractivity contribution < 1.29 is 4.39 Å². The molecule has 2 aromatic heterocycles. The fraction of sp³-hybridized carbons (Fsp3) is 0.300. The van der Waals surface area contributed by atoms with Crippen LogP contribution in [-0.4, -0.2) is 15.4 Å². The number of allylic oxidation sites excluding steroid dienone is 1. The number of pyridine rings is 1. The number of rotatable bonds is 6. The minimum atomic E-state index is -0.195. The lowest BCUT2D eigenvalue weighted by atomic mass is 9.92. The molecule has 1 N–H and O–H groups in total. The van der Waals surface area contributed by atoms with Gasteiger partial charge in [0.25, 0.3) is 0 Å². The SMILES string of the molecule is CCc1c(-c2ccccc2-c2ccc(C)cc2F)nc2cc(C(NC3CCC3)=C3CC3)ccn12. The van der Waals surface area contributed by atoms with E-state index in [1.54, 1.807) is 6.07 Å². The highest BCUT2D eigenvalue weighted by Gasteiger charge is 2.25. The molecule has 3 nitrogen and oxygen atoms in total. The van der Waals surface area contributed by atoms with Crippen molar-refractivity contribution in [2.75, 3.05) is 0 Å². The van der Waals surface area contributed by atoms with Gasteiger partial charge in [0.2, 0.25) is 0 Å². The second-order valence-electron chi connectivity index (χ2n) is 9.68. The predicted octanol–water partition coefficient (Wildman–Crippen LogP) is 7.33. The Morgan fingerprint density at radius 2 is 1.82 bits per heavy atom. The first-order chi connectivity index (χ1) is 16.6. The number of aromatic nitrogens is 2. The first-order valence-corrected chi connectivity index (χ1v) is 12.5. The molecule has 0 bridgehead atoms. The third-order valence-electron chi connectivity index (χ3n) is 7.25. The van der Waals surface area contributed by atoms with Crippen molar-refractivity contribution in [3.63, 3.8) is 0 Å². The van der Waals surface area contributed by atoms with Crippen LogP contribution in [0.3, 0.4) is 0 Å². The van der Waals surface area contributed by atoms with Gasteiger partial charge in [-0.25, -0.2) is 9.37 Å². The molecule has 34 heavy (non-hydrogen) atoms. The summed E-state index contributed by atoms with van der Waals surface area (Å²) in [7, 11) is 0. The Bertz CT molecular complexity index is 1420. The minimum absolute atomic E-state index is 0.195. The maximum Gasteiger partial charge on any atom is 0.138 e. The van der Waals surface area contributed by atoms with E-state index >= 15 is 0 Å². The summed E-state index contributed by atoms with van der Waals surface area (Å²) in [6, 6.07) is 18.5. The fourth-order valence-electron chi connectivity index (χ4n) is 5.03. The molecule has 0 unspecified atom stereocenters. The number of hydrogen-bond donors (Lipinski definition) is 1. The van der Waals surface area contributed by atoms with Crippen LogP contribution in [-0.2, 0) is 6.42 Å². The zero-order valence-corrected chi connectivity index (χ0v) is 19.9. The van der Waals surface area contributed by atoms with Crippen LogP contribution in [0.1, 0.15) is 55.8 Å². The molecule has 0 aliphatic heterocycles. The molecule has 2 aromatic carbocycles. The molecule has 0 spiro atoms. The van der Waals surface area contributed by atoms with Gasteiger partial charge in [-0.05, 0) is 80.3 Å². The molecule has 4 heteroatoms. The largest absolute Gasteiger partial charge is 0.382 e. The molecular formula is C30H30FN3. The van der Waals surface area contributed by atoms with Crippen molar-refractivity contribution in [1.29, 1.82) is 0 Å². The zero-order valence-electron chi connectivity index (χ0n) is 19.9. The topological polar surface area (TPSA) is 29.3 Å².